The standard InChI is InChI=1S/C39H66BN5O10/c1-11-30-39(8,50)34(48)24(4)31(42-55-28-15-13-12-14-16-28)22(2)20-38(7,51-10)35(25(5)32(46)26(6)36(49)53-30)54-37-33(47)29(19-23(3)52-37)44(9)18-17-27-21-45(40)43-41-27/h21-26,28-30,33-35,37,47-48,50H,11-20H2,1-10H3/b42-31+/t22-,23-,24+,25+,26-,29+,30-,33-,34-,35?,37+,38-,39-/m1/s1. The Morgan fingerprint density at radius 3 is 2.36 bits per heavy atom. The van der Waals surface area contributed by atoms with Gasteiger partial charge in [0.1, 0.15) is 29.8 Å². The number of oxime groups is 1. The van der Waals surface area contributed by atoms with Gasteiger partial charge in [-0.15, -0.1) is 5.10 Å². The molecule has 0 bridgehead atoms. The third-order valence-corrected chi connectivity index (χ3v) is 12.4. The molecule has 3 aliphatic rings. The Balaban J connectivity index is 1.72. The molecule has 3 heterocycles. The number of hydrogen-bond donors (Lipinski definition) is 3. The van der Waals surface area contributed by atoms with E-state index in [1.807, 2.05) is 32.7 Å². The molecule has 3 fully saturated rings. The van der Waals surface area contributed by atoms with E-state index >= 15 is 0 Å². The predicted molar refractivity (Wildman–Crippen MR) is 205 cm³/mol. The summed E-state index contributed by atoms with van der Waals surface area (Å²) < 4.78 is 26.3. The quantitative estimate of drug-likeness (QED) is 0.136. The van der Waals surface area contributed by atoms with Crippen molar-refractivity contribution >= 4 is 25.4 Å². The molecular formula is C39H66BN5O10. The summed E-state index contributed by atoms with van der Waals surface area (Å²) in [6, 6.07) is -0.371. The average Bonchev–Trinajstić information content (AvgIpc) is 3.59. The second kappa shape index (κ2) is 19.3. The van der Waals surface area contributed by atoms with E-state index in [4.69, 9.17) is 31.8 Å². The Kier molecular flexibility index (Phi) is 15.9. The summed E-state index contributed by atoms with van der Waals surface area (Å²) in [5.74, 6) is -4.66. The first-order valence-corrected chi connectivity index (χ1v) is 20.1. The lowest BCUT2D eigenvalue weighted by molar-refractivity contribution is -0.295. The Bertz CT molecular complexity index is 1440. The van der Waals surface area contributed by atoms with Crippen molar-refractivity contribution in [1.29, 1.82) is 0 Å². The lowest BCUT2D eigenvalue weighted by Gasteiger charge is -2.47. The molecule has 55 heavy (non-hydrogen) atoms. The van der Waals surface area contributed by atoms with Crippen LogP contribution in [0.25, 0.3) is 0 Å². The van der Waals surface area contributed by atoms with Gasteiger partial charge in [-0.3, -0.25) is 9.59 Å². The topological polar surface area (TPSA) is 187 Å². The summed E-state index contributed by atoms with van der Waals surface area (Å²) in [5.41, 5.74) is -1.91. The molecule has 1 aromatic rings. The number of ketones is 1. The van der Waals surface area contributed by atoms with Gasteiger partial charge in [0.25, 0.3) is 7.98 Å². The Morgan fingerprint density at radius 1 is 1.09 bits per heavy atom. The molecule has 15 nitrogen and oxygen atoms in total. The highest BCUT2D eigenvalue weighted by Gasteiger charge is 2.52. The van der Waals surface area contributed by atoms with Crippen LogP contribution in [0, 0.1) is 23.7 Å². The van der Waals surface area contributed by atoms with Crippen molar-refractivity contribution in [2.75, 3.05) is 20.7 Å². The number of Topliss-reactive ketones (excluding diaryl/α,β-unsaturated/α-hetero) is 1. The molecule has 2 saturated heterocycles. The van der Waals surface area contributed by atoms with Crippen LogP contribution < -0.4 is 0 Å². The number of carbonyl (C=O) groups is 2. The number of carbonyl (C=O) groups excluding carboxylic acids is 2. The zero-order chi connectivity index (χ0) is 40.8. The van der Waals surface area contributed by atoms with E-state index < -0.39 is 77.3 Å². The van der Waals surface area contributed by atoms with Crippen molar-refractivity contribution in [3.63, 3.8) is 0 Å². The van der Waals surface area contributed by atoms with Crippen molar-refractivity contribution < 1.29 is 48.7 Å². The number of cyclic esters (lactones) is 1. The summed E-state index contributed by atoms with van der Waals surface area (Å²) in [7, 11) is 9.11. The lowest BCUT2D eigenvalue weighted by Crippen LogP contribution is -2.60. The van der Waals surface area contributed by atoms with Gasteiger partial charge in [-0.25, -0.2) is 0 Å². The molecule has 1 aliphatic carbocycles. The fourth-order valence-electron chi connectivity index (χ4n) is 8.73. The third-order valence-electron chi connectivity index (χ3n) is 12.4. The van der Waals surface area contributed by atoms with E-state index in [0.717, 1.165) is 36.7 Å². The zero-order valence-electron chi connectivity index (χ0n) is 34.6. The van der Waals surface area contributed by atoms with Gasteiger partial charge in [-0.1, -0.05) is 44.5 Å². The van der Waals surface area contributed by atoms with Gasteiger partial charge < -0.3 is 48.6 Å². The summed E-state index contributed by atoms with van der Waals surface area (Å²) in [6.45, 7) is 14.3. The number of aliphatic hydroxyl groups excluding tert-OH is 2. The molecule has 13 atom stereocenters. The molecule has 4 rings (SSSR count). The van der Waals surface area contributed by atoms with Crippen LogP contribution in [-0.4, -0.2) is 141 Å². The second-order valence-electron chi connectivity index (χ2n) is 16.8. The van der Waals surface area contributed by atoms with Gasteiger partial charge in [-0.2, -0.15) is 0 Å². The van der Waals surface area contributed by atoms with Gasteiger partial charge in [0.2, 0.25) is 0 Å². The van der Waals surface area contributed by atoms with Gasteiger partial charge in [-0.05, 0) is 79.7 Å². The van der Waals surface area contributed by atoms with Gasteiger partial charge >= 0.3 is 5.97 Å². The molecule has 1 saturated carbocycles. The smallest absolute Gasteiger partial charge is 0.316 e. The van der Waals surface area contributed by atoms with Crippen molar-refractivity contribution in [2.45, 2.75) is 173 Å². The van der Waals surface area contributed by atoms with Gasteiger partial charge in [0, 0.05) is 50.1 Å². The number of aromatic nitrogens is 3. The predicted octanol–water partition coefficient (Wildman–Crippen LogP) is 2.99. The fraction of sp³-hybridized carbons (Fsp3) is 0.872. The van der Waals surface area contributed by atoms with Crippen LogP contribution in [-0.2, 0) is 39.8 Å². The largest absolute Gasteiger partial charge is 0.459 e. The minimum absolute atomic E-state index is 0.0765. The van der Waals surface area contributed by atoms with E-state index in [-0.39, 0.29) is 31.1 Å². The molecule has 2 radical (unpaired) electrons. The monoisotopic (exact) mass is 775 g/mol. The van der Waals surface area contributed by atoms with Crippen LogP contribution in [0.5, 0.6) is 0 Å². The number of esters is 1. The average molecular weight is 776 g/mol. The molecule has 0 spiro atoms. The van der Waals surface area contributed by atoms with Crippen LogP contribution in [0.1, 0.15) is 112 Å². The number of methoxy groups -OCH3 is 1. The highest BCUT2D eigenvalue weighted by atomic mass is 16.7. The zero-order valence-corrected chi connectivity index (χ0v) is 34.6. The molecular weight excluding hydrogens is 709 g/mol. The van der Waals surface area contributed by atoms with E-state index in [0.29, 0.717) is 30.8 Å². The molecule has 1 aromatic heterocycles. The number of hydrogen-bond acceptors (Lipinski definition) is 14. The summed E-state index contributed by atoms with van der Waals surface area (Å²) >= 11 is 0. The number of rotatable bonds is 10. The number of likely N-dealkylation sites (N-methyl/N-ethyl adjacent to an activating group) is 1. The fourth-order valence-corrected chi connectivity index (χ4v) is 8.73. The van der Waals surface area contributed by atoms with Crippen LogP contribution in [0.15, 0.2) is 11.4 Å². The first-order valence-electron chi connectivity index (χ1n) is 20.1. The maximum Gasteiger partial charge on any atom is 0.316 e. The minimum Gasteiger partial charge on any atom is -0.459 e. The first kappa shape index (κ1) is 45.2. The van der Waals surface area contributed by atoms with Crippen LogP contribution in [0.3, 0.4) is 0 Å². The molecule has 3 N–H and O–H groups in total. The summed E-state index contributed by atoms with van der Waals surface area (Å²) in [4.78, 5) is 36.1. The minimum atomic E-state index is -1.89. The Morgan fingerprint density at radius 2 is 1.76 bits per heavy atom. The molecule has 1 unspecified atom stereocenters. The van der Waals surface area contributed by atoms with E-state index in [2.05, 4.69) is 15.5 Å². The van der Waals surface area contributed by atoms with Gasteiger partial charge in [0.15, 0.2) is 12.1 Å². The Hall–Kier alpha value is -2.47. The maximum absolute atomic E-state index is 14.3. The second-order valence-corrected chi connectivity index (χ2v) is 16.8. The normalized spacial score (nSPS) is 39.9. The summed E-state index contributed by atoms with van der Waals surface area (Å²) in [5, 5.41) is 48.0. The SMILES string of the molecule is [B]n1cc(CCN(C)[C@H]2C[C@@H](C)O[C@@H](OC3[C@@H](C)C(=O)[C@@H](C)C(=O)O[C@H](CC)[C@@](C)(O)[C@H](O)[C@@H](C)/C(=N/OC4CCCCC4)[C@H](C)C[C@@]3(C)OC)[C@@H]2O)nn1. The van der Waals surface area contributed by atoms with Gasteiger partial charge in [0.05, 0.1) is 35.3 Å². The highest BCUT2D eigenvalue weighted by Crippen LogP contribution is 2.39. The highest BCUT2D eigenvalue weighted by molar-refractivity contribution is 6.05. The van der Waals surface area contributed by atoms with Crippen molar-refractivity contribution in [1.82, 2.24) is 19.8 Å². The number of ether oxygens (including phenoxy) is 4. The molecule has 0 aromatic carbocycles. The van der Waals surface area contributed by atoms with Crippen LogP contribution >= 0.6 is 0 Å². The Labute approximate surface area is 328 Å². The third kappa shape index (κ3) is 10.7. The summed E-state index contributed by atoms with van der Waals surface area (Å²) in [6.07, 6.45) is 1.83. The lowest BCUT2D eigenvalue weighted by atomic mass is 9.74. The molecule has 16 heteroatoms. The van der Waals surface area contributed by atoms with E-state index in [1.54, 1.807) is 27.0 Å². The van der Waals surface area contributed by atoms with Crippen molar-refractivity contribution in [3.8, 4) is 0 Å². The van der Waals surface area contributed by atoms with E-state index in [1.165, 1.54) is 21.0 Å². The van der Waals surface area contributed by atoms with Crippen molar-refractivity contribution in [3.05, 3.63) is 11.9 Å². The molecule has 310 valence electrons. The van der Waals surface area contributed by atoms with Crippen LogP contribution in [0.2, 0.25) is 0 Å². The van der Waals surface area contributed by atoms with Crippen LogP contribution in [0.4, 0.5) is 0 Å². The number of nitrogens with zero attached hydrogens (tertiary/aromatic N) is 5. The number of aliphatic hydroxyl groups is 3. The first-order chi connectivity index (χ1) is 25.8. The molecule has 0 amide bonds. The van der Waals surface area contributed by atoms with E-state index in [9.17, 15) is 24.9 Å². The van der Waals surface area contributed by atoms with Crippen molar-refractivity contribution in [2.24, 2.45) is 28.8 Å². The maximum atomic E-state index is 14.3. The molecule has 2 aliphatic heterocycles.